The van der Waals surface area contributed by atoms with Gasteiger partial charge in [-0.3, -0.25) is 4.79 Å². The molecule has 2 fully saturated rings. The minimum atomic E-state index is 0.104. The predicted octanol–water partition coefficient (Wildman–Crippen LogP) is 1.84. The Kier molecular flexibility index (Phi) is 3.25. The molecule has 1 N–H and O–H groups in total. The normalized spacial score (nSPS) is 30.6. The highest BCUT2D eigenvalue weighted by Crippen LogP contribution is 2.49. The molecule has 15 heavy (non-hydrogen) atoms. The van der Waals surface area contributed by atoms with Crippen molar-refractivity contribution in [1.29, 1.82) is 5.26 Å². The van der Waals surface area contributed by atoms with Crippen molar-refractivity contribution in [3.63, 3.8) is 0 Å². The first kappa shape index (κ1) is 10.5. The van der Waals surface area contributed by atoms with Crippen molar-refractivity contribution in [3.05, 3.63) is 0 Å². The molecule has 3 nitrogen and oxygen atoms in total. The molecule has 0 unspecified atom stereocenters. The molecule has 2 aliphatic rings. The summed E-state index contributed by atoms with van der Waals surface area (Å²) in [5.74, 6) is 1.74. The van der Waals surface area contributed by atoms with Crippen LogP contribution in [0.15, 0.2) is 0 Å². The molecule has 2 saturated carbocycles. The van der Waals surface area contributed by atoms with Gasteiger partial charge in [0, 0.05) is 5.92 Å². The lowest BCUT2D eigenvalue weighted by Gasteiger charge is -2.21. The van der Waals surface area contributed by atoms with E-state index in [9.17, 15) is 4.79 Å². The summed E-state index contributed by atoms with van der Waals surface area (Å²) in [4.78, 5) is 11.6. The molecular weight excluding hydrogens is 188 g/mol. The van der Waals surface area contributed by atoms with Crippen LogP contribution in [-0.2, 0) is 4.79 Å². The van der Waals surface area contributed by atoms with Gasteiger partial charge in [0.1, 0.15) is 6.54 Å². The average Bonchev–Trinajstić information content (AvgIpc) is 3.07. The molecule has 2 atom stereocenters. The van der Waals surface area contributed by atoms with Gasteiger partial charge in [-0.05, 0) is 18.3 Å². The number of carbonyl (C=O) groups excluding carboxylic acids is 1. The Bertz CT molecular complexity index is 276. The summed E-state index contributed by atoms with van der Waals surface area (Å²) in [6, 6.07) is 1.94. The molecule has 0 radical (unpaired) electrons. The van der Waals surface area contributed by atoms with E-state index in [4.69, 9.17) is 5.26 Å². The summed E-state index contributed by atoms with van der Waals surface area (Å²) in [6.45, 7) is 0.159. The minimum Gasteiger partial charge on any atom is -0.343 e. The molecule has 3 heteroatoms. The highest BCUT2D eigenvalue weighted by Gasteiger charge is 2.47. The van der Waals surface area contributed by atoms with Crippen LogP contribution in [0.3, 0.4) is 0 Å². The summed E-state index contributed by atoms with van der Waals surface area (Å²) >= 11 is 0. The fourth-order valence-corrected chi connectivity index (χ4v) is 2.86. The fraction of sp³-hybridized carbons (Fsp3) is 0.833. The smallest absolute Gasteiger partial charge is 0.224 e. The van der Waals surface area contributed by atoms with E-state index in [1.54, 1.807) is 0 Å². The number of carbonyl (C=O) groups is 1. The van der Waals surface area contributed by atoms with Gasteiger partial charge in [0.25, 0.3) is 0 Å². The Balaban J connectivity index is 1.75. The van der Waals surface area contributed by atoms with Crippen LogP contribution >= 0.6 is 0 Å². The molecule has 0 bridgehead atoms. The third-order valence-electron chi connectivity index (χ3n) is 3.77. The van der Waals surface area contributed by atoms with Crippen LogP contribution in [0, 0.1) is 29.1 Å². The molecule has 1 amide bonds. The number of hydrogen-bond donors (Lipinski definition) is 1. The summed E-state index contributed by atoms with van der Waals surface area (Å²) < 4.78 is 0. The Morgan fingerprint density at radius 3 is 2.73 bits per heavy atom. The second kappa shape index (κ2) is 4.65. The van der Waals surface area contributed by atoms with Crippen molar-refractivity contribution < 1.29 is 4.79 Å². The van der Waals surface area contributed by atoms with E-state index in [2.05, 4.69) is 5.32 Å². The lowest BCUT2D eigenvalue weighted by molar-refractivity contribution is -0.122. The monoisotopic (exact) mass is 206 g/mol. The standard InChI is InChI=1S/C12H18N2O/c13-6-7-14-12(15)11-8-10(11)9-4-2-1-3-5-9/h9-11H,1-5,7-8H2,(H,14,15)/t10-,11-/m0/s1. The average molecular weight is 206 g/mol. The third-order valence-corrected chi connectivity index (χ3v) is 3.77. The number of rotatable bonds is 3. The van der Waals surface area contributed by atoms with E-state index in [0.29, 0.717) is 5.92 Å². The van der Waals surface area contributed by atoms with Gasteiger partial charge < -0.3 is 5.32 Å². The SMILES string of the molecule is N#CCNC(=O)[C@H]1C[C@H]1C1CCCCC1. The lowest BCUT2D eigenvalue weighted by atomic mass is 9.85. The van der Waals surface area contributed by atoms with Crippen molar-refractivity contribution >= 4 is 5.91 Å². The zero-order valence-electron chi connectivity index (χ0n) is 9.04. The molecule has 0 heterocycles. The van der Waals surface area contributed by atoms with Crippen LogP contribution in [0.5, 0.6) is 0 Å². The van der Waals surface area contributed by atoms with Gasteiger partial charge in [0.15, 0.2) is 0 Å². The van der Waals surface area contributed by atoms with Crippen LogP contribution in [0.1, 0.15) is 38.5 Å². The molecule has 2 rings (SSSR count). The summed E-state index contributed by atoms with van der Waals surface area (Å²) in [7, 11) is 0. The van der Waals surface area contributed by atoms with Crippen molar-refractivity contribution in [2.45, 2.75) is 38.5 Å². The Morgan fingerprint density at radius 1 is 1.33 bits per heavy atom. The third kappa shape index (κ3) is 2.50. The first-order valence-corrected chi connectivity index (χ1v) is 5.97. The summed E-state index contributed by atoms with van der Waals surface area (Å²) in [5.41, 5.74) is 0. The van der Waals surface area contributed by atoms with E-state index in [1.165, 1.54) is 32.1 Å². The van der Waals surface area contributed by atoms with E-state index < -0.39 is 0 Å². The highest BCUT2D eigenvalue weighted by atomic mass is 16.2. The van der Waals surface area contributed by atoms with Crippen molar-refractivity contribution in [1.82, 2.24) is 5.32 Å². The van der Waals surface area contributed by atoms with Gasteiger partial charge in [0.05, 0.1) is 6.07 Å². The Labute approximate surface area is 90.8 Å². The molecule has 0 saturated heterocycles. The predicted molar refractivity (Wildman–Crippen MR) is 56.8 cm³/mol. The zero-order chi connectivity index (χ0) is 10.7. The summed E-state index contributed by atoms with van der Waals surface area (Å²) in [6.07, 6.45) is 7.73. The fourth-order valence-electron chi connectivity index (χ4n) is 2.86. The second-order valence-electron chi connectivity index (χ2n) is 4.78. The number of nitrogens with zero attached hydrogens (tertiary/aromatic N) is 1. The van der Waals surface area contributed by atoms with Gasteiger partial charge in [-0.2, -0.15) is 5.26 Å². The van der Waals surface area contributed by atoms with E-state index >= 15 is 0 Å². The minimum absolute atomic E-state index is 0.104. The van der Waals surface area contributed by atoms with Crippen LogP contribution in [0.25, 0.3) is 0 Å². The van der Waals surface area contributed by atoms with E-state index in [1.807, 2.05) is 6.07 Å². The molecule has 0 aromatic carbocycles. The highest BCUT2D eigenvalue weighted by molar-refractivity contribution is 5.81. The molecular formula is C12H18N2O. The Hall–Kier alpha value is -1.04. The van der Waals surface area contributed by atoms with E-state index in [-0.39, 0.29) is 18.4 Å². The van der Waals surface area contributed by atoms with Gasteiger partial charge in [-0.1, -0.05) is 32.1 Å². The van der Waals surface area contributed by atoms with Crippen LogP contribution in [0.4, 0.5) is 0 Å². The maximum absolute atomic E-state index is 11.6. The molecule has 0 spiro atoms. The van der Waals surface area contributed by atoms with Crippen LogP contribution in [0.2, 0.25) is 0 Å². The zero-order valence-corrected chi connectivity index (χ0v) is 9.04. The lowest BCUT2D eigenvalue weighted by Crippen LogP contribution is -2.26. The molecule has 0 aliphatic heterocycles. The first-order valence-electron chi connectivity index (χ1n) is 5.97. The maximum Gasteiger partial charge on any atom is 0.224 e. The topological polar surface area (TPSA) is 52.9 Å². The molecule has 0 aromatic heterocycles. The van der Waals surface area contributed by atoms with Gasteiger partial charge in [-0.15, -0.1) is 0 Å². The van der Waals surface area contributed by atoms with Crippen molar-refractivity contribution in [3.8, 4) is 6.07 Å². The number of nitriles is 1. The quantitative estimate of drug-likeness (QED) is 0.716. The molecule has 82 valence electrons. The van der Waals surface area contributed by atoms with Gasteiger partial charge in [0.2, 0.25) is 5.91 Å². The Morgan fingerprint density at radius 2 is 2.07 bits per heavy atom. The van der Waals surface area contributed by atoms with Crippen LogP contribution < -0.4 is 5.32 Å². The molecule has 0 aromatic rings. The first-order chi connectivity index (χ1) is 7.33. The maximum atomic E-state index is 11.6. The second-order valence-corrected chi connectivity index (χ2v) is 4.78. The summed E-state index contributed by atoms with van der Waals surface area (Å²) in [5, 5.41) is 11.0. The number of amides is 1. The van der Waals surface area contributed by atoms with Crippen molar-refractivity contribution in [2.24, 2.45) is 17.8 Å². The molecule has 2 aliphatic carbocycles. The largest absolute Gasteiger partial charge is 0.343 e. The van der Waals surface area contributed by atoms with Crippen molar-refractivity contribution in [2.75, 3.05) is 6.54 Å². The number of nitrogens with one attached hydrogen (secondary N) is 1. The van der Waals surface area contributed by atoms with Crippen LogP contribution in [-0.4, -0.2) is 12.5 Å². The van der Waals surface area contributed by atoms with Gasteiger partial charge >= 0.3 is 0 Å². The van der Waals surface area contributed by atoms with Gasteiger partial charge in [-0.25, -0.2) is 0 Å². The van der Waals surface area contributed by atoms with E-state index in [0.717, 1.165) is 12.3 Å². The number of hydrogen-bond acceptors (Lipinski definition) is 2.